The summed E-state index contributed by atoms with van der Waals surface area (Å²) in [5, 5.41) is 13.0. The minimum atomic E-state index is -0.256. The fourth-order valence-corrected chi connectivity index (χ4v) is 2.06. The first-order chi connectivity index (χ1) is 7.97. The Morgan fingerprint density at radius 1 is 1.35 bits per heavy atom. The third-order valence-electron chi connectivity index (χ3n) is 2.93. The maximum absolute atomic E-state index is 9.57. The Hall–Kier alpha value is -0.540. The summed E-state index contributed by atoms with van der Waals surface area (Å²) in [6.45, 7) is 6.61. The number of anilines is 1. The number of para-hydroxylation sites is 1. The lowest BCUT2D eigenvalue weighted by molar-refractivity contribution is 0.208. The van der Waals surface area contributed by atoms with Gasteiger partial charge in [-0.2, -0.15) is 0 Å². The molecular weight excluding hydrogens is 278 g/mol. The number of halogens is 1. The van der Waals surface area contributed by atoms with E-state index in [0.717, 1.165) is 23.0 Å². The normalized spacial score (nSPS) is 14.7. The van der Waals surface area contributed by atoms with Gasteiger partial charge in [0, 0.05) is 10.2 Å². The molecule has 1 aromatic carbocycles. The van der Waals surface area contributed by atoms with Crippen LogP contribution in [0, 0.1) is 5.92 Å². The van der Waals surface area contributed by atoms with Crippen LogP contribution < -0.4 is 5.32 Å². The molecule has 0 bridgehead atoms. The molecule has 1 atom stereocenters. The molecule has 17 heavy (non-hydrogen) atoms. The molecule has 0 aliphatic rings. The monoisotopic (exact) mass is 299 g/mol. The SMILES string of the molecule is CC(C)CCC(C)(CO)Nc1ccccc1Br. The van der Waals surface area contributed by atoms with Gasteiger partial charge >= 0.3 is 0 Å². The van der Waals surface area contributed by atoms with Crippen LogP contribution in [0.1, 0.15) is 33.6 Å². The van der Waals surface area contributed by atoms with Gasteiger partial charge in [-0.25, -0.2) is 0 Å². The van der Waals surface area contributed by atoms with E-state index in [4.69, 9.17) is 0 Å². The van der Waals surface area contributed by atoms with Crippen LogP contribution in [0.5, 0.6) is 0 Å². The lowest BCUT2D eigenvalue weighted by Crippen LogP contribution is -2.39. The third kappa shape index (κ3) is 4.68. The predicted octanol–water partition coefficient (Wildman–Crippen LogP) is 4.05. The van der Waals surface area contributed by atoms with Gasteiger partial charge in [0.1, 0.15) is 0 Å². The number of nitrogens with one attached hydrogen (secondary N) is 1. The first-order valence-electron chi connectivity index (χ1n) is 6.10. The van der Waals surface area contributed by atoms with E-state index < -0.39 is 0 Å². The second kappa shape index (κ2) is 6.41. The Balaban J connectivity index is 2.71. The van der Waals surface area contributed by atoms with Gasteiger partial charge in [0.05, 0.1) is 12.1 Å². The van der Waals surface area contributed by atoms with Gasteiger partial charge in [-0.1, -0.05) is 26.0 Å². The van der Waals surface area contributed by atoms with E-state index in [-0.39, 0.29) is 12.1 Å². The van der Waals surface area contributed by atoms with Crippen molar-refractivity contribution in [3.63, 3.8) is 0 Å². The van der Waals surface area contributed by atoms with Crippen molar-refractivity contribution in [3.8, 4) is 0 Å². The lowest BCUT2D eigenvalue weighted by atomic mass is 9.92. The highest BCUT2D eigenvalue weighted by Crippen LogP contribution is 2.27. The van der Waals surface area contributed by atoms with Gasteiger partial charge in [0.25, 0.3) is 0 Å². The number of hydrogen-bond donors (Lipinski definition) is 2. The molecule has 0 fully saturated rings. The Kier molecular flexibility index (Phi) is 5.47. The molecule has 2 nitrogen and oxygen atoms in total. The summed E-state index contributed by atoms with van der Waals surface area (Å²) in [7, 11) is 0. The van der Waals surface area contributed by atoms with Crippen molar-refractivity contribution in [1.82, 2.24) is 0 Å². The number of aliphatic hydroxyl groups is 1. The Morgan fingerprint density at radius 3 is 2.53 bits per heavy atom. The third-order valence-corrected chi connectivity index (χ3v) is 3.62. The van der Waals surface area contributed by atoms with Crippen molar-refractivity contribution in [1.29, 1.82) is 0 Å². The number of benzene rings is 1. The summed E-state index contributed by atoms with van der Waals surface area (Å²) < 4.78 is 1.03. The molecule has 1 aromatic rings. The first kappa shape index (κ1) is 14.5. The van der Waals surface area contributed by atoms with Crippen LogP contribution >= 0.6 is 15.9 Å². The van der Waals surface area contributed by atoms with Gasteiger partial charge in [0.2, 0.25) is 0 Å². The molecule has 3 heteroatoms. The van der Waals surface area contributed by atoms with Crippen molar-refractivity contribution in [2.24, 2.45) is 5.92 Å². The standard InChI is InChI=1S/C14H22BrNO/c1-11(2)8-9-14(3,10-17)16-13-7-5-4-6-12(13)15/h4-7,11,16-17H,8-10H2,1-3H3. The lowest BCUT2D eigenvalue weighted by Gasteiger charge is -2.31. The highest BCUT2D eigenvalue weighted by Gasteiger charge is 2.23. The average molecular weight is 300 g/mol. The number of aliphatic hydroxyl groups excluding tert-OH is 1. The zero-order chi connectivity index (χ0) is 12.9. The molecule has 0 radical (unpaired) electrons. The maximum Gasteiger partial charge on any atom is 0.0658 e. The maximum atomic E-state index is 9.57. The van der Waals surface area contributed by atoms with Crippen LogP contribution in [0.15, 0.2) is 28.7 Å². The Morgan fingerprint density at radius 2 is 2.00 bits per heavy atom. The summed E-state index contributed by atoms with van der Waals surface area (Å²) in [6.07, 6.45) is 2.07. The molecule has 0 saturated heterocycles. The van der Waals surface area contributed by atoms with E-state index >= 15 is 0 Å². The minimum absolute atomic E-state index is 0.140. The summed E-state index contributed by atoms with van der Waals surface area (Å²) in [6, 6.07) is 8.00. The Labute approximate surface area is 113 Å². The van der Waals surface area contributed by atoms with Crippen LogP contribution in [-0.4, -0.2) is 17.3 Å². The van der Waals surface area contributed by atoms with Crippen molar-refractivity contribution in [2.45, 2.75) is 39.2 Å². The number of rotatable bonds is 6. The minimum Gasteiger partial charge on any atom is -0.394 e. The quantitative estimate of drug-likeness (QED) is 0.830. The van der Waals surface area contributed by atoms with Crippen molar-refractivity contribution in [3.05, 3.63) is 28.7 Å². The molecule has 0 saturated carbocycles. The van der Waals surface area contributed by atoms with Crippen molar-refractivity contribution >= 4 is 21.6 Å². The summed E-state index contributed by atoms with van der Waals surface area (Å²) in [5.74, 6) is 0.655. The molecule has 0 aliphatic heterocycles. The van der Waals surface area contributed by atoms with E-state index in [2.05, 4.69) is 42.0 Å². The van der Waals surface area contributed by atoms with Gasteiger partial charge in [-0.05, 0) is 53.7 Å². The second-order valence-electron chi connectivity index (χ2n) is 5.26. The predicted molar refractivity (Wildman–Crippen MR) is 77.3 cm³/mol. The van der Waals surface area contributed by atoms with Crippen LogP contribution in [0.3, 0.4) is 0 Å². The summed E-state index contributed by atoms with van der Waals surface area (Å²) in [4.78, 5) is 0. The topological polar surface area (TPSA) is 32.3 Å². The first-order valence-corrected chi connectivity index (χ1v) is 6.90. The molecule has 0 aliphatic carbocycles. The smallest absolute Gasteiger partial charge is 0.0658 e. The molecule has 2 N–H and O–H groups in total. The average Bonchev–Trinajstić information content (AvgIpc) is 2.30. The van der Waals surface area contributed by atoms with Crippen LogP contribution in [-0.2, 0) is 0 Å². The molecular formula is C14H22BrNO. The van der Waals surface area contributed by atoms with Gasteiger partial charge in [0.15, 0.2) is 0 Å². The van der Waals surface area contributed by atoms with E-state index in [1.807, 2.05) is 24.3 Å². The molecule has 0 spiro atoms. The van der Waals surface area contributed by atoms with Crippen LogP contribution in [0.2, 0.25) is 0 Å². The van der Waals surface area contributed by atoms with E-state index in [1.165, 1.54) is 0 Å². The largest absolute Gasteiger partial charge is 0.394 e. The van der Waals surface area contributed by atoms with Gasteiger partial charge in [-0.3, -0.25) is 0 Å². The molecule has 1 unspecified atom stereocenters. The Bertz CT molecular complexity index is 354. The van der Waals surface area contributed by atoms with E-state index in [9.17, 15) is 5.11 Å². The van der Waals surface area contributed by atoms with Crippen molar-refractivity contribution < 1.29 is 5.11 Å². The highest BCUT2D eigenvalue weighted by molar-refractivity contribution is 9.10. The molecule has 0 amide bonds. The second-order valence-corrected chi connectivity index (χ2v) is 6.11. The van der Waals surface area contributed by atoms with E-state index in [1.54, 1.807) is 0 Å². The highest BCUT2D eigenvalue weighted by atomic mass is 79.9. The van der Waals surface area contributed by atoms with Gasteiger partial charge in [-0.15, -0.1) is 0 Å². The van der Waals surface area contributed by atoms with Crippen LogP contribution in [0.4, 0.5) is 5.69 Å². The molecule has 0 aromatic heterocycles. The number of hydrogen-bond acceptors (Lipinski definition) is 2. The van der Waals surface area contributed by atoms with Gasteiger partial charge < -0.3 is 10.4 Å². The zero-order valence-corrected chi connectivity index (χ0v) is 12.4. The zero-order valence-electron chi connectivity index (χ0n) is 10.8. The molecule has 1 rings (SSSR count). The summed E-state index contributed by atoms with van der Waals surface area (Å²) in [5.41, 5.74) is 0.779. The van der Waals surface area contributed by atoms with Crippen molar-refractivity contribution in [2.75, 3.05) is 11.9 Å². The molecule has 0 heterocycles. The fourth-order valence-electron chi connectivity index (χ4n) is 1.68. The van der Waals surface area contributed by atoms with Crippen LogP contribution in [0.25, 0.3) is 0 Å². The fraction of sp³-hybridized carbons (Fsp3) is 0.571. The molecule has 96 valence electrons. The van der Waals surface area contributed by atoms with E-state index in [0.29, 0.717) is 5.92 Å². The summed E-state index contributed by atoms with van der Waals surface area (Å²) >= 11 is 3.51.